The number of anilines is 1. The zero-order valence-electron chi connectivity index (χ0n) is 12.9. The number of esters is 1. The van der Waals surface area contributed by atoms with Gasteiger partial charge in [0, 0.05) is 6.07 Å². The summed E-state index contributed by atoms with van der Waals surface area (Å²) in [6, 6.07) is 6.12. The van der Waals surface area contributed by atoms with Crippen molar-refractivity contribution >= 4 is 17.7 Å². The third kappa shape index (κ3) is 4.22. The number of amides is 1. The molecule has 1 aromatic heterocycles. The normalized spacial score (nSPS) is 10.0. The molecule has 0 aliphatic carbocycles. The van der Waals surface area contributed by atoms with E-state index >= 15 is 0 Å². The second-order valence-electron chi connectivity index (χ2n) is 4.52. The fourth-order valence-corrected chi connectivity index (χ4v) is 1.78. The van der Waals surface area contributed by atoms with Crippen molar-refractivity contribution in [2.75, 3.05) is 26.1 Å². The molecule has 8 nitrogen and oxygen atoms in total. The molecule has 122 valence electrons. The molecule has 0 bridgehead atoms. The van der Waals surface area contributed by atoms with Crippen LogP contribution in [0.2, 0.25) is 0 Å². The number of aryl methyl sites for hydroxylation is 1. The van der Waals surface area contributed by atoms with E-state index in [2.05, 4.69) is 10.5 Å². The highest BCUT2D eigenvalue weighted by Gasteiger charge is 2.14. The van der Waals surface area contributed by atoms with Crippen LogP contribution in [-0.2, 0) is 9.53 Å². The van der Waals surface area contributed by atoms with E-state index < -0.39 is 18.5 Å². The molecule has 0 unspecified atom stereocenters. The van der Waals surface area contributed by atoms with Crippen molar-refractivity contribution in [3.8, 4) is 11.5 Å². The maximum atomic E-state index is 11.9. The molecular weight excluding hydrogens is 304 g/mol. The number of hydrogen-bond donors (Lipinski definition) is 1. The summed E-state index contributed by atoms with van der Waals surface area (Å²) in [5.41, 5.74) is 0.243. The van der Waals surface area contributed by atoms with Crippen LogP contribution in [-0.4, -0.2) is 37.9 Å². The molecule has 0 spiro atoms. The van der Waals surface area contributed by atoms with Crippen LogP contribution in [0.15, 0.2) is 28.8 Å². The summed E-state index contributed by atoms with van der Waals surface area (Å²) in [4.78, 5) is 23.6. The minimum Gasteiger partial charge on any atom is -0.493 e. The van der Waals surface area contributed by atoms with Gasteiger partial charge in [-0.1, -0.05) is 5.16 Å². The van der Waals surface area contributed by atoms with E-state index in [0.29, 0.717) is 17.3 Å². The molecule has 0 saturated heterocycles. The van der Waals surface area contributed by atoms with Gasteiger partial charge in [0.15, 0.2) is 23.9 Å². The Morgan fingerprint density at radius 3 is 2.52 bits per heavy atom. The molecule has 2 aromatic rings. The van der Waals surface area contributed by atoms with Crippen LogP contribution in [0, 0.1) is 6.92 Å². The fraction of sp³-hybridized carbons (Fsp3) is 0.267. The van der Waals surface area contributed by atoms with Crippen molar-refractivity contribution in [2.24, 2.45) is 0 Å². The Morgan fingerprint density at radius 1 is 1.17 bits per heavy atom. The molecule has 8 heteroatoms. The van der Waals surface area contributed by atoms with Gasteiger partial charge in [-0.05, 0) is 25.1 Å². The zero-order chi connectivity index (χ0) is 16.8. The lowest BCUT2D eigenvalue weighted by molar-refractivity contribution is -0.119. The van der Waals surface area contributed by atoms with E-state index in [0.717, 1.165) is 0 Å². The Morgan fingerprint density at radius 2 is 1.91 bits per heavy atom. The predicted molar refractivity (Wildman–Crippen MR) is 79.7 cm³/mol. The zero-order valence-corrected chi connectivity index (χ0v) is 12.9. The van der Waals surface area contributed by atoms with Crippen LogP contribution in [0.5, 0.6) is 11.5 Å². The molecule has 1 amide bonds. The Balaban J connectivity index is 1.92. The average molecular weight is 320 g/mol. The molecular formula is C15H16N2O6. The smallest absolute Gasteiger partial charge is 0.338 e. The molecule has 2 rings (SSSR count). The number of hydrogen-bond acceptors (Lipinski definition) is 7. The Kier molecular flexibility index (Phi) is 5.19. The fourth-order valence-electron chi connectivity index (χ4n) is 1.78. The first-order valence-corrected chi connectivity index (χ1v) is 6.66. The van der Waals surface area contributed by atoms with Crippen LogP contribution in [0.4, 0.5) is 5.82 Å². The molecule has 1 aromatic carbocycles. The topological polar surface area (TPSA) is 99.9 Å². The van der Waals surface area contributed by atoms with Crippen molar-refractivity contribution < 1.29 is 28.3 Å². The number of ether oxygens (including phenoxy) is 3. The van der Waals surface area contributed by atoms with Crippen molar-refractivity contribution in [2.45, 2.75) is 6.92 Å². The van der Waals surface area contributed by atoms with Crippen molar-refractivity contribution in [3.05, 3.63) is 35.6 Å². The van der Waals surface area contributed by atoms with Crippen molar-refractivity contribution in [3.63, 3.8) is 0 Å². The highest BCUT2D eigenvalue weighted by molar-refractivity contribution is 5.95. The van der Waals surface area contributed by atoms with Gasteiger partial charge in [0.25, 0.3) is 5.91 Å². The van der Waals surface area contributed by atoms with Gasteiger partial charge in [0.2, 0.25) is 0 Å². The standard InChI is InChI=1S/C15H16N2O6/c1-9-6-13(17-23-9)16-14(18)8-22-15(19)10-4-5-11(20-2)12(7-10)21-3/h4-7H,8H2,1-3H3,(H,16,17,18). The molecule has 0 atom stereocenters. The number of nitrogens with zero attached hydrogens (tertiary/aromatic N) is 1. The van der Waals surface area contributed by atoms with E-state index in [1.165, 1.54) is 26.4 Å². The van der Waals surface area contributed by atoms with Crippen LogP contribution >= 0.6 is 0 Å². The van der Waals surface area contributed by atoms with Gasteiger partial charge in [-0.3, -0.25) is 4.79 Å². The maximum Gasteiger partial charge on any atom is 0.338 e. The number of rotatable bonds is 6. The first kappa shape index (κ1) is 16.3. The number of benzene rings is 1. The third-order valence-electron chi connectivity index (χ3n) is 2.85. The van der Waals surface area contributed by atoms with Crippen molar-refractivity contribution in [1.82, 2.24) is 5.16 Å². The van der Waals surface area contributed by atoms with Crippen LogP contribution < -0.4 is 14.8 Å². The van der Waals surface area contributed by atoms with Gasteiger partial charge < -0.3 is 24.1 Å². The Bertz CT molecular complexity index is 710. The molecule has 0 aliphatic rings. The summed E-state index contributed by atoms with van der Waals surface area (Å²) in [6.07, 6.45) is 0. The molecule has 0 fully saturated rings. The van der Waals surface area contributed by atoms with E-state index in [4.69, 9.17) is 18.7 Å². The lowest BCUT2D eigenvalue weighted by atomic mass is 10.2. The molecule has 0 radical (unpaired) electrons. The van der Waals surface area contributed by atoms with Gasteiger partial charge in [-0.25, -0.2) is 4.79 Å². The van der Waals surface area contributed by atoms with Crippen LogP contribution in [0.3, 0.4) is 0 Å². The number of aromatic nitrogens is 1. The Labute approximate surface area is 132 Å². The summed E-state index contributed by atoms with van der Waals surface area (Å²) < 4.78 is 19.9. The number of methoxy groups -OCH3 is 2. The van der Waals surface area contributed by atoms with E-state index in [1.807, 2.05) is 0 Å². The van der Waals surface area contributed by atoms with Crippen LogP contribution in [0.25, 0.3) is 0 Å². The SMILES string of the molecule is COc1ccc(C(=O)OCC(=O)Nc2cc(C)on2)cc1OC. The largest absolute Gasteiger partial charge is 0.493 e. The van der Waals surface area contributed by atoms with Gasteiger partial charge in [0.1, 0.15) is 5.76 Å². The summed E-state index contributed by atoms with van der Waals surface area (Å²) in [6.45, 7) is 1.25. The van der Waals surface area contributed by atoms with Gasteiger partial charge in [-0.15, -0.1) is 0 Å². The molecule has 0 aliphatic heterocycles. The maximum absolute atomic E-state index is 11.9. The van der Waals surface area contributed by atoms with Gasteiger partial charge in [-0.2, -0.15) is 0 Å². The highest BCUT2D eigenvalue weighted by atomic mass is 16.5. The first-order valence-electron chi connectivity index (χ1n) is 6.66. The number of carbonyl (C=O) groups excluding carboxylic acids is 2. The minimum atomic E-state index is -0.655. The second-order valence-corrected chi connectivity index (χ2v) is 4.52. The second kappa shape index (κ2) is 7.30. The molecule has 1 N–H and O–H groups in total. The highest BCUT2D eigenvalue weighted by Crippen LogP contribution is 2.27. The monoisotopic (exact) mass is 320 g/mol. The van der Waals surface area contributed by atoms with Crippen molar-refractivity contribution in [1.29, 1.82) is 0 Å². The van der Waals surface area contributed by atoms with E-state index in [9.17, 15) is 9.59 Å². The quantitative estimate of drug-likeness (QED) is 0.810. The molecule has 0 saturated carbocycles. The summed E-state index contributed by atoms with van der Waals surface area (Å²) in [7, 11) is 2.95. The predicted octanol–water partition coefficient (Wildman–Crippen LogP) is 1.80. The first-order chi connectivity index (χ1) is 11.0. The lowest BCUT2D eigenvalue weighted by Gasteiger charge is -2.09. The summed E-state index contributed by atoms with van der Waals surface area (Å²) in [5.74, 6) is 0.523. The minimum absolute atomic E-state index is 0.243. The number of carbonyl (C=O) groups is 2. The molecule has 1 heterocycles. The van der Waals surface area contributed by atoms with Gasteiger partial charge >= 0.3 is 5.97 Å². The summed E-state index contributed by atoms with van der Waals surface area (Å²) >= 11 is 0. The average Bonchev–Trinajstić information content (AvgIpc) is 2.96. The van der Waals surface area contributed by atoms with E-state index in [1.54, 1.807) is 19.1 Å². The number of nitrogens with one attached hydrogen (secondary N) is 1. The van der Waals surface area contributed by atoms with E-state index in [-0.39, 0.29) is 11.4 Å². The van der Waals surface area contributed by atoms with Gasteiger partial charge in [0.05, 0.1) is 19.8 Å². The third-order valence-corrected chi connectivity index (χ3v) is 2.85. The molecule has 23 heavy (non-hydrogen) atoms. The van der Waals surface area contributed by atoms with Crippen LogP contribution in [0.1, 0.15) is 16.1 Å². The lowest BCUT2D eigenvalue weighted by Crippen LogP contribution is -2.21. The summed E-state index contributed by atoms with van der Waals surface area (Å²) in [5, 5.41) is 6.05. The Hall–Kier alpha value is -3.03.